The molecule has 0 bridgehead atoms. The summed E-state index contributed by atoms with van der Waals surface area (Å²) >= 11 is 6.04. The van der Waals surface area contributed by atoms with Crippen molar-refractivity contribution in [2.24, 2.45) is 0 Å². The van der Waals surface area contributed by atoms with Crippen LogP contribution in [-0.4, -0.2) is 40.3 Å². The molecule has 5 rings (SSSR count). The minimum Gasteiger partial charge on any atom is -0.489 e. The Balaban J connectivity index is 0.000000213. The number of halogens is 5. The number of ether oxygens (including phenoxy) is 4. The molecule has 1 aromatic heterocycles. The highest BCUT2D eigenvalue weighted by atomic mass is 35.5. The minimum atomic E-state index is -4.45. The Morgan fingerprint density at radius 1 is 1.06 bits per heavy atom. The van der Waals surface area contributed by atoms with E-state index in [4.69, 9.17) is 35.7 Å². The number of alkyl halides is 3. The van der Waals surface area contributed by atoms with Gasteiger partial charge in [0.25, 0.3) is 0 Å². The van der Waals surface area contributed by atoms with Gasteiger partial charge in [0.1, 0.15) is 23.1 Å². The van der Waals surface area contributed by atoms with E-state index in [1.807, 2.05) is 0 Å². The number of aromatic nitrogens is 1. The van der Waals surface area contributed by atoms with E-state index in [2.05, 4.69) is 4.98 Å². The van der Waals surface area contributed by atoms with Gasteiger partial charge in [0, 0.05) is 18.3 Å². The van der Waals surface area contributed by atoms with Crippen LogP contribution in [0.15, 0.2) is 66.1 Å². The number of carboxylic acid groups (broad SMARTS) is 1. The van der Waals surface area contributed by atoms with Crippen LogP contribution in [0.3, 0.4) is 0 Å². The van der Waals surface area contributed by atoms with Crippen molar-refractivity contribution in [1.29, 1.82) is 0 Å². The summed E-state index contributed by atoms with van der Waals surface area (Å²) in [6.45, 7) is 4.66. The van der Waals surface area contributed by atoms with Crippen LogP contribution in [0.2, 0.25) is 5.02 Å². The van der Waals surface area contributed by atoms with Gasteiger partial charge in [-0.1, -0.05) is 11.6 Å². The fourth-order valence-electron chi connectivity index (χ4n) is 4.42. The van der Waals surface area contributed by atoms with E-state index in [-0.39, 0.29) is 34.2 Å². The van der Waals surface area contributed by atoms with Gasteiger partial charge in [-0.05, 0) is 88.4 Å². The second-order valence-electron chi connectivity index (χ2n) is 10.7. The number of rotatable bonds is 8. The number of cyclic esters (lactones) is 1. The predicted molar refractivity (Wildman–Crippen MR) is 160 cm³/mol. The average Bonchev–Trinajstić information content (AvgIpc) is 3.63. The Kier molecular flexibility index (Phi) is 11.0. The lowest BCUT2D eigenvalue weighted by atomic mass is 10.2. The SMILES string of the molecule is CC(C)=C1OC(=O)N(c2cc(OC3CCCC3)c(Cl)cc2F)C1=O.CC(Oc1ccc(Oc2ccc(C(F)(F)F)cn2)cc1)C(=O)O. The molecule has 10 nitrogen and oxygen atoms in total. The summed E-state index contributed by atoms with van der Waals surface area (Å²) in [5, 5.41) is 8.84. The lowest BCUT2D eigenvalue weighted by molar-refractivity contribution is -0.144. The molecule has 1 aliphatic heterocycles. The molecule has 1 atom stereocenters. The van der Waals surface area contributed by atoms with Gasteiger partial charge in [0.15, 0.2) is 11.9 Å². The third kappa shape index (κ3) is 8.91. The van der Waals surface area contributed by atoms with Gasteiger partial charge in [0.05, 0.1) is 22.4 Å². The highest BCUT2D eigenvalue weighted by molar-refractivity contribution is 6.32. The van der Waals surface area contributed by atoms with Gasteiger partial charge in [0.2, 0.25) is 5.88 Å². The van der Waals surface area contributed by atoms with Crippen LogP contribution in [-0.2, 0) is 20.5 Å². The van der Waals surface area contributed by atoms with Gasteiger partial charge < -0.3 is 24.1 Å². The van der Waals surface area contributed by atoms with Crippen molar-refractivity contribution in [3.05, 3.63) is 82.5 Å². The number of carbonyl (C=O) groups excluding carboxylic acids is 2. The van der Waals surface area contributed by atoms with Gasteiger partial charge in [-0.15, -0.1) is 0 Å². The summed E-state index contributed by atoms with van der Waals surface area (Å²) in [5.74, 6) is -1.77. The lowest BCUT2D eigenvalue weighted by Gasteiger charge is -2.18. The van der Waals surface area contributed by atoms with E-state index in [0.29, 0.717) is 28.2 Å². The van der Waals surface area contributed by atoms with Crippen molar-refractivity contribution in [3.63, 3.8) is 0 Å². The maximum Gasteiger partial charge on any atom is 0.427 e. The number of hydrogen-bond donors (Lipinski definition) is 1. The molecule has 1 saturated carbocycles. The molecule has 3 aromatic rings. The molecule has 2 heterocycles. The predicted octanol–water partition coefficient (Wildman–Crippen LogP) is 8.32. The maximum atomic E-state index is 14.3. The fraction of sp³-hybridized carbons (Fsp3) is 0.312. The molecule has 47 heavy (non-hydrogen) atoms. The number of amides is 2. The number of carboxylic acids is 1. The molecule has 1 unspecified atom stereocenters. The standard InChI is InChI=1S/C17H17ClFNO4.C15H12F3NO4/c1-9(2)15-16(21)20(17(22)24-15)13-8-14(11(18)7-12(13)19)23-10-5-3-4-6-10;1-9(14(20)21)22-11-3-5-12(6-4-11)23-13-7-2-10(8-19-13)15(16,17)18/h7-8,10H,3-6H2,1-2H3;2-9H,1H3,(H,20,21). The number of allylic oxidation sites excluding steroid dienone is 1. The molecule has 0 spiro atoms. The zero-order chi connectivity index (χ0) is 34.5. The van der Waals surface area contributed by atoms with E-state index < -0.39 is 41.6 Å². The van der Waals surface area contributed by atoms with Crippen molar-refractivity contribution in [1.82, 2.24) is 4.98 Å². The van der Waals surface area contributed by atoms with Crippen LogP contribution >= 0.6 is 11.6 Å². The van der Waals surface area contributed by atoms with Gasteiger partial charge in [-0.2, -0.15) is 13.2 Å². The number of imide groups is 1. The zero-order valence-corrected chi connectivity index (χ0v) is 26.0. The van der Waals surface area contributed by atoms with Crippen molar-refractivity contribution >= 4 is 35.3 Å². The number of aliphatic carboxylic acids is 1. The number of benzene rings is 2. The molecule has 1 N–H and O–H groups in total. The van der Waals surface area contributed by atoms with Crippen LogP contribution < -0.4 is 19.1 Å². The number of nitrogens with zero attached hydrogens (tertiary/aromatic N) is 2. The topological polar surface area (TPSA) is 124 Å². The van der Waals surface area contributed by atoms with Crippen molar-refractivity contribution in [2.75, 3.05) is 4.90 Å². The van der Waals surface area contributed by atoms with E-state index in [1.54, 1.807) is 13.8 Å². The minimum absolute atomic E-state index is 0.00516. The zero-order valence-electron chi connectivity index (χ0n) is 25.3. The second kappa shape index (κ2) is 14.7. The summed E-state index contributed by atoms with van der Waals surface area (Å²) in [4.78, 5) is 39.3. The molecule has 2 fully saturated rings. The van der Waals surface area contributed by atoms with E-state index in [1.165, 1.54) is 37.3 Å². The number of pyridine rings is 1. The lowest BCUT2D eigenvalue weighted by Crippen LogP contribution is -2.29. The average molecular weight is 681 g/mol. The largest absolute Gasteiger partial charge is 0.489 e. The first-order chi connectivity index (χ1) is 22.1. The van der Waals surface area contributed by atoms with Crippen molar-refractivity contribution < 1.29 is 56.0 Å². The Hall–Kier alpha value is -4.85. The first-order valence-corrected chi connectivity index (χ1v) is 14.6. The number of hydrogen-bond acceptors (Lipinski definition) is 8. The van der Waals surface area contributed by atoms with Crippen LogP contribution in [0, 0.1) is 5.82 Å². The molecule has 0 radical (unpaired) electrons. The molecule has 1 saturated heterocycles. The maximum absolute atomic E-state index is 14.3. The molecule has 2 aromatic carbocycles. The summed E-state index contributed by atoms with van der Waals surface area (Å²) in [7, 11) is 0. The summed E-state index contributed by atoms with van der Waals surface area (Å²) in [6, 6.07) is 10.3. The first kappa shape index (κ1) is 35.0. The molecular weight excluding hydrogens is 652 g/mol. The van der Waals surface area contributed by atoms with Gasteiger partial charge in [-0.25, -0.2) is 23.9 Å². The van der Waals surface area contributed by atoms with E-state index in [9.17, 15) is 31.9 Å². The van der Waals surface area contributed by atoms with E-state index >= 15 is 0 Å². The third-order valence-corrected chi connectivity index (χ3v) is 7.13. The molecule has 2 amide bonds. The monoisotopic (exact) mass is 680 g/mol. The Morgan fingerprint density at radius 3 is 2.23 bits per heavy atom. The third-order valence-electron chi connectivity index (χ3n) is 6.83. The molecular formula is C32H29ClF4N2O8. The summed E-state index contributed by atoms with van der Waals surface area (Å²) in [5.41, 5.74) is -0.553. The summed E-state index contributed by atoms with van der Waals surface area (Å²) < 4.78 is 72.7. The van der Waals surface area contributed by atoms with Crippen LogP contribution in [0.4, 0.5) is 28.0 Å². The van der Waals surface area contributed by atoms with Gasteiger partial charge in [-0.3, -0.25) is 4.79 Å². The smallest absolute Gasteiger partial charge is 0.427 e. The first-order valence-electron chi connectivity index (χ1n) is 14.2. The van der Waals surface area contributed by atoms with Crippen LogP contribution in [0.5, 0.6) is 23.1 Å². The number of carbonyl (C=O) groups is 3. The van der Waals surface area contributed by atoms with Crippen LogP contribution in [0.25, 0.3) is 0 Å². The van der Waals surface area contributed by atoms with Crippen LogP contribution in [0.1, 0.15) is 52.0 Å². The molecule has 15 heteroatoms. The van der Waals surface area contributed by atoms with Crippen molar-refractivity contribution in [2.45, 2.75) is 64.8 Å². The Labute approximate surface area is 271 Å². The van der Waals surface area contributed by atoms with Crippen molar-refractivity contribution in [3.8, 4) is 23.1 Å². The van der Waals surface area contributed by atoms with E-state index in [0.717, 1.165) is 43.9 Å². The highest BCUT2D eigenvalue weighted by Gasteiger charge is 2.40. The van der Waals surface area contributed by atoms with Gasteiger partial charge >= 0.3 is 24.1 Å². The molecule has 250 valence electrons. The molecule has 1 aliphatic carbocycles. The quantitative estimate of drug-likeness (QED) is 0.185. The Bertz CT molecular complexity index is 1650. The normalized spacial score (nSPS) is 15.5. The highest BCUT2D eigenvalue weighted by Crippen LogP contribution is 2.37. The number of anilines is 1. The Morgan fingerprint density at radius 2 is 1.70 bits per heavy atom. The fourth-order valence-corrected chi connectivity index (χ4v) is 4.62. The molecule has 2 aliphatic rings. The second-order valence-corrected chi connectivity index (χ2v) is 11.1. The summed E-state index contributed by atoms with van der Waals surface area (Å²) in [6.07, 6.45) is -1.77.